The maximum absolute atomic E-state index is 13.5. The van der Waals surface area contributed by atoms with E-state index in [1.54, 1.807) is 6.08 Å². The molecule has 0 aromatic heterocycles. The van der Waals surface area contributed by atoms with Crippen molar-refractivity contribution in [1.82, 2.24) is 5.32 Å². The van der Waals surface area contributed by atoms with E-state index in [0.29, 0.717) is 12.8 Å². The summed E-state index contributed by atoms with van der Waals surface area (Å²) < 4.78 is 17.7. The molecule has 8 unspecified atom stereocenters. The van der Waals surface area contributed by atoms with Crippen LogP contribution in [0.2, 0.25) is 0 Å². The van der Waals surface area contributed by atoms with Crippen LogP contribution in [0.5, 0.6) is 0 Å². The van der Waals surface area contributed by atoms with Gasteiger partial charge in [0.15, 0.2) is 12.4 Å². The maximum atomic E-state index is 13.5. The molecule has 1 amide bonds. The molecule has 1 saturated heterocycles. The Balaban J connectivity index is 2.55. The van der Waals surface area contributed by atoms with Gasteiger partial charge in [0, 0.05) is 6.42 Å². The third-order valence-corrected chi connectivity index (χ3v) is 17.6. The van der Waals surface area contributed by atoms with Gasteiger partial charge in [-0.15, -0.1) is 0 Å². The van der Waals surface area contributed by atoms with Crippen LogP contribution in [-0.4, -0.2) is 99.6 Å². The van der Waals surface area contributed by atoms with Gasteiger partial charge in [0.2, 0.25) is 5.91 Å². The number of carbonyl (C=O) groups excluding carboxylic acids is 2. The predicted molar refractivity (Wildman–Crippen MR) is 375 cm³/mol. The number of hydrogen-bond donors (Lipinski definition) is 6. The van der Waals surface area contributed by atoms with E-state index < -0.39 is 67.4 Å². The van der Waals surface area contributed by atoms with Crippen molar-refractivity contribution in [3.8, 4) is 0 Å². The van der Waals surface area contributed by atoms with Gasteiger partial charge in [-0.1, -0.05) is 344 Å². The summed E-state index contributed by atoms with van der Waals surface area (Å²) in [6, 6.07) is -1.03. The average Bonchev–Trinajstić information content (AvgIpc) is 3.11. The van der Waals surface area contributed by atoms with Gasteiger partial charge in [0.1, 0.15) is 24.4 Å². The summed E-state index contributed by atoms with van der Waals surface area (Å²) in [5.41, 5.74) is 0. The van der Waals surface area contributed by atoms with Gasteiger partial charge in [0.05, 0.1) is 25.4 Å². The van der Waals surface area contributed by atoms with E-state index in [2.05, 4.69) is 86.8 Å². The Morgan fingerprint density at radius 3 is 1.21 bits per heavy atom. The monoisotopic (exact) mass is 1250 g/mol. The molecule has 1 heterocycles. The standard InChI is InChI=1S/C78H141NO10/c1-4-7-10-13-16-19-22-25-27-29-31-33-34-35-36-37-39-40-42-44-47-50-53-56-59-62-65-71(82)77(86)79-69(70(81)64-61-58-55-52-49-46-24-21-18-15-12-9-6-3)68-87-78-76(75(85)74(84)72(67-80)88-78)89-73(83)66-63-60-57-54-51-48-45-43-41-38-32-30-28-26-23-20-17-14-11-8-5-2/h7,10,16,19,25,27,31,33,35-36,61,64,69-72,74-76,78,80-82,84-85H,4-6,8-9,11-15,17-18,20-24,26,28-30,32,34,37-60,62-63,65-68H2,1-3H3,(H,79,86)/b10-7-,19-16-,27-25-,33-31-,36-35-,64-61+. The fourth-order valence-corrected chi connectivity index (χ4v) is 11.7. The molecule has 0 aromatic rings. The number of ether oxygens (including phenoxy) is 3. The van der Waals surface area contributed by atoms with Crippen LogP contribution >= 0.6 is 0 Å². The summed E-state index contributed by atoms with van der Waals surface area (Å²) in [6.07, 6.45) is 75.1. The van der Waals surface area contributed by atoms with Gasteiger partial charge in [-0.3, -0.25) is 9.59 Å². The van der Waals surface area contributed by atoms with Crippen molar-refractivity contribution in [3.05, 3.63) is 72.9 Å². The first-order chi connectivity index (χ1) is 43.7. The summed E-state index contributed by atoms with van der Waals surface area (Å²) in [6.45, 7) is 5.73. The van der Waals surface area contributed by atoms with E-state index in [4.69, 9.17) is 14.2 Å². The zero-order valence-electron chi connectivity index (χ0n) is 57.8. The van der Waals surface area contributed by atoms with E-state index >= 15 is 0 Å². The van der Waals surface area contributed by atoms with Crippen LogP contribution in [0.3, 0.4) is 0 Å². The van der Waals surface area contributed by atoms with Crippen molar-refractivity contribution in [1.29, 1.82) is 0 Å². The van der Waals surface area contributed by atoms with Gasteiger partial charge in [0.25, 0.3) is 0 Å². The molecule has 8 atom stereocenters. The molecule has 1 rings (SSSR count). The summed E-state index contributed by atoms with van der Waals surface area (Å²) in [5.74, 6) is -1.18. The third-order valence-electron chi connectivity index (χ3n) is 17.6. The van der Waals surface area contributed by atoms with Crippen molar-refractivity contribution in [3.63, 3.8) is 0 Å². The minimum atomic E-state index is -1.61. The Bertz CT molecular complexity index is 1730. The first-order valence-electron chi connectivity index (χ1n) is 37.7. The molecule has 0 spiro atoms. The number of aliphatic hydroxyl groups excluding tert-OH is 5. The molecule has 11 nitrogen and oxygen atoms in total. The number of allylic oxidation sites excluding steroid dienone is 11. The van der Waals surface area contributed by atoms with Gasteiger partial charge in [-0.25, -0.2) is 0 Å². The molecule has 11 heteroatoms. The summed E-state index contributed by atoms with van der Waals surface area (Å²) in [4.78, 5) is 26.7. The fraction of sp³-hybridized carbons (Fsp3) is 0.821. The SMILES string of the molecule is CC/C=C\C/C=C\C/C=C\C/C=C\C/C=C\CCCCCCCCCCCCC(O)C(=O)NC(COC1OC(CO)C(O)C(O)C1OC(=O)CCCCCCCCCCCCCCCCCCCCCCC)C(O)/C=C/CCCCCCCCCCCCC. The van der Waals surface area contributed by atoms with E-state index in [0.717, 1.165) is 96.3 Å². The lowest BCUT2D eigenvalue weighted by atomic mass is 9.99. The van der Waals surface area contributed by atoms with Gasteiger partial charge >= 0.3 is 5.97 Å². The highest BCUT2D eigenvalue weighted by Gasteiger charge is 2.47. The first kappa shape index (κ1) is 84.1. The van der Waals surface area contributed by atoms with Crippen molar-refractivity contribution >= 4 is 11.9 Å². The predicted octanol–water partition coefficient (Wildman–Crippen LogP) is 19.9. The number of amides is 1. The lowest BCUT2D eigenvalue weighted by Crippen LogP contribution is -2.61. The minimum Gasteiger partial charge on any atom is -0.454 e. The van der Waals surface area contributed by atoms with E-state index in [1.165, 1.54) is 205 Å². The second kappa shape index (κ2) is 65.2. The fourth-order valence-electron chi connectivity index (χ4n) is 11.7. The molecule has 1 aliphatic heterocycles. The van der Waals surface area contributed by atoms with E-state index in [9.17, 15) is 35.1 Å². The van der Waals surface area contributed by atoms with Crippen LogP contribution in [0.25, 0.3) is 0 Å². The highest BCUT2D eigenvalue weighted by Crippen LogP contribution is 2.26. The van der Waals surface area contributed by atoms with Crippen molar-refractivity contribution in [2.45, 2.75) is 397 Å². The first-order valence-corrected chi connectivity index (χ1v) is 37.7. The topological polar surface area (TPSA) is 175 Å². The van der Waals surface area contributed by atoms with Crippen LogP contribution in [0.15, 0.2) is 72.9 Å². The smallest absolute Gasteiger partial charge is 0.306 e. The number of unbranched alkanes of at least 4 members (excludes halogenated alkanes) is 41. The average molecular weight is 1250 g/mol. The number of aliphatic hydroxyl groups is 5. The molecule has 1 aliphatic rings. The Morgan fingerprint density at radius 2 is 0.809 bits per heavy atom. The van der Waals surface area contributed by atoms with Gasteiger partial charge in [-0.2, -0.15) is 0 Å². The molecular formula is C78H141NO10. The Morgan fingerprint density at radius 1 is 0.449 bits per heavy atom. The third kappa shape index (κ3) is 52.2. The number of carbonyl (C=O) groups is 2. The highest BCUT2D eigenvalue weighted by atomic mass is 16.7. The largest absolute Gasteiger partial charge is 0.454 e. The molecule has 1 fully saturated rings. The van der Waals surface area contributed by atoms with Crippen LogP contribution in [0.4, 0.5) is 0 Å². The summed E-state index contributed by atoms with van der Waals surface area (Å²) in [5, 5.41) is 57.4. The molecule has 518 valence electrons. The zero-order chi connectivity index (χ0) is 64.6. The number of rotatable bonds is 65. The lowest BCUT2D eigenvalue weighted by molar-refractivity contribution is -0.305. The molecule has 0 aliphatic carbocycles. The molecule has 89 heavy (non-hydrogen) atoms. The molecule has 0 saturated carbocycles. The van der Waals surface area contributed by atoms with Crippen LogP contribution in [0.1, 0.15) is 348 Å². The summed E-state index contributed by atoms with van der Waals surface area (Å²) >= 11 is 0. The summed E-state index contributed by atoms with van der Waals surface area (Å²) in [7, 11) is 0. The van der Waals surface area contributed by atoms with Crippen molar-refractivity contribution in [2.75, 3.05) is 13.2 Å². The van der Waals surface area contributed by atoms with Gasteiger partial charge < -0.3 is 45.1 Å². The van der Waals surface area contributed by atoms with Gasteiger partial charge in [-0.05, 0) is 70.6 Å². The molecule has 0 radical (unpaired) electrons. The number of nitrogens with one attached hydrogen (secondary N) is 1. The Labute approximate surface area is 547 Å². The Kier molecular flexibility index (Phi) is 61.6. The minimum absolute atomic E-state index is 0.127. The second-order valence-corrected chi connectivity index (χ2v) is 26.0. The Hall–Kier alpha value is -2.90. The molecule has 0 aromatic carbocycles. The number of hydrogen-bond acceptors (Lipinski definition) is 10. The quantitative estimate of drug-likeness (QED) is 0.0195. The van der Waals surface area contributed by atoms with Crippen LogP contribution < -0.4 is 5.32 Å². The molecule has 6 N–H and O–H groups in total. The molecular weight excluding hydrogens is 1110 g/mol. The zero-order valence-corrected chi connectivity index (χ0v) is 57.8. The second-order valence-electron chi connectivity index (χ2n) is 26.0. The normalized spacial score (nSPS) is 18.5. The van der Waals surface area contributed by atoms with Crippen molar-refractivity contribution in [2.24, 2.45) is 0 Å². The highest BCUT2D eigenvalue weighted by molar-refractivity contribution is 5.80. The van der Waals surface area contributed by atoms with Crippen molar-refractivity contribution < 1.29 is 49.3 Å². The number of esters is 1. The van der Waals surface area contributed by atoms with Crippen LogP contribution in [-0.2, 0) is 23.8 Å². The lowest BCUT2D eigenvalue weighted by Gasteiger charge is -2.41. The molecule has 0 bridgehead atoms. The van der Waals surface area contributed by atoms with E-state index in [1.807, 2.05) is 6.08 Å². The maximum Gasteiger partial charge on any atom is 0.306 e. The van der Waals surface area contributed by atoms with Crippen LogP contribution in [0, 0.1) is 0 Å². The van der Waals surface area contributed by atoms with E-state index in [-0.39, 0.29) is 19.4 Å².